The number of benzene rings is 1. The highest BCUT2D eigenvalue weighted by atomic mass is 16.5. The lowest BCUT2D eigenvalue weighted by Gasteiger charge is -2.25. The van der Waals surface area contributed by atoms with Crippen LogP contribution in [0.3, 0.4) is 0 Å². The predicted octanol–water partition coefficient (Wildman–Crippen LogP) is 3.91. The van der Waals surface area contributed by atoms with Crippen LogP contribution < -0.4 is 5.32 Å². The van der Waals surface area contributed by atoms with Gasteiger partial charge in [0.15, 0.2) is 0 Å². The van der Waals surface area contributed by atoms with Crippen LogP contribution in [0.25, 0.3) is 0 Å². The van der Waals surface area contributed by atoms with Crippen molar-refractivity contribution < 1.29 is 4.74 Å². The minimum atomic E-state index is 0.210. The molecule has 0 unspecified atom stereocenters. The van der Waals surface area contributed by atoms with Crippen LogP contribution in [0, 0.1) is 11.3 Å². The standard InChI is InChI=1S/C18H31NO/c1-16(2)13-19-14-18(3,4)15-20-12-8-11-17-9-6-5-7-10-17/h5-7,9-10,16,19H,8,11-15H2,1-4H3. The highest BCUT2D eigenvalue weighted by molar-refractivity contribution is 5.14. The monoisotopic (exact) mass is 277 g/mol. The third-order valence-corrected chi connectivity index (χ3v) is 3.25. The number of hydrogen-bond donors (Lipinski definition) is 1. The number of ether oxygens (including phenoxy) is 1. The molecule has 0 aliphatic rings. The molecule has 2 heteroatoms. The third-order valence-electron chi connectivity index (χ3n) is 3.25. The van der Waals surface area contributed by atoms with E-state index in [2.05, 4.69) is 63.3 Å². The van der Waals surface area contributed by atoms with Crippen molar-refractivity contribution in [2.45, 2.75) is 40.5 Å². The summed E-state index contributed by atoms with van der Waals surface area (Å²) >= 11 is 0. The molecular formula is C18H31NO. The summed E-state index contributed by atoms with van der Waals surface area (Å²) < 4.78 is 5.84. The summed E-state index contributed by atoms with van der Waals surface area (Å²) in [5.41, 5.74) is 1.61. The molecule has 1 rings (SSSR count). The molecule has 2 nitrogen and oxygen atoms in total. The lowest BCUT2D eigenvalue weighted by atomic mass is 9.94. The minimum Gasteiger partial charge on any atom is -0.381 e. The average molecular weight is 277 g/mol. The lowest BCUT2D eigenvalue weighted by Crippen LogP contribution is -2.35. The van der Waals surface area contributed by atoms with Gasteiger partial charge in [0.25, 0.3) is 0 Å². The molecule has 1 N–H and O–H groups in total. The van der Waals surface area contributed by atoms with Gasteiger partial charge in [-0.3, -0.25) is 0 Å². The Morgan fingerprint density at radius 3 is 2.50 bits per heavy atom. The van der Waals surface area contributed by atoms with Crippen LogP contribution in [0.1, 0.15) is 39.7 Å². The fourth-order valence-corrected chi connectivity index (χ4v) is 2.12. The first-order valence-corrected chi connectivity index (χ1v) is 7.82. The van der Waals surface area contributed by atoms with E-state index < -0.39 is 0 Å². The Kier molecular flexibility index (Phi) is 7.86. The fraction of sp³-hybridized carbons (Fsp3) is 0.667. The van der Waals surface area contributed by atoms with Gasteiger partial charge in [0.1, 0.15) is 0 Å². The second-order valence-electron chi connectivity index (χ2n) is 6.83. The summed E-state index contributed by atoms with van der Waals surface area (Å²) in [7, 11) is 0. The number of nitrogens with one attached hydrogen (secondary N) is 1. The Labute approximate surface area is 124 Å². The van der Waals surface area contributed by atoms with Gasteiger partial charge in [0.2, 0.25) is 0 Å². The molecule has 0 amide bonds. The summed E-state index contributed by atoms with van der Waals surface area (Å²) in [6, 6.07) is 10.6. The summed E-state index contributed by atoms with van der Waals surface area (Å²) in [4.78, 5) is 0. The van der Waals surface area contributed by atoms with Crippen LogP contribution in [0.5, 0.6) is 0 Å². The summed E-state index contributed by atoms with van der Waals surface area (Å²) in [5.74, 6) is 0.706. The van der Waals surface area contributed by atoms with Crippen molar-refractivity contribution in [3.05, 3.63) is 35.9 Å². The van der Waals surface area contributed by atoms with E-state index in [0.29, 0.717) is 5.92 Å². The molecule has 1 aromatic carbocycles. The van der Waals surface area contributed by atoms with Gasteiger partial charge in [-0.1, -0.05) is 58.0 Å². The Morgan fingerprint density at radius 2 is 1.85 bits per heavy atom. The second kappa shape index (κ2) is 9.15. The largest absolute Gasteiger partial charge is 0.381 e. The van der Waals surface area contributed by atoms with E-state index in [0.717, 1.165) is 39.1 Å². The van der Waals surface area contributed by atoms with Crippen molar-refractivity contribution in [1.29, 1.82) is 0 Å². The van der Waals surface area contributed by atoms with Crippen LogP contribution in [-0.4, -0.2) is 26.3 Å². The SMILES string of the molecule is CC(C)CNCC(C)(C)COCCCc1ccccc1. The molecule has 0 aliphatic heterocycles. The summed E-state index contributed by atoms with van der Waals surface area (Å²) in [6.07, 6.45) is 2.20. The van der Waals surface area contributed by atoms with Gasteiger partial charge in [0.05, 0.1) is 6.61 Å². The maximum Gasteiger partial charge on any atom is 0.0529 e. The first-order valence-electron chi connectivity index (χ1n) is 7.82. The predicted molar refractivity (Wildman–Crippen MR) is 87.1 cm³/mol. The molecule has 114 valence electrons. The molecule has 0 aliphatic carbocycles. The van der Waals surface area contributed by atoms with Crippen molar-refractivity contribution >= 4 is 0 Å². The van der Waals surface area contributed by atoms with E-state index in [1.807, 2.05) is 0 Å². The smallest absolute Gasteiger partial charge is 0.0529 e. The van der Waals surface area contributed by atoms with Crippen molar-refractivity contribution in [3.63, 3.8) is 0 Å². The van der Waals surface area contributed by atoms with Gasteiger partial charge < -0.3 is 10.1 Å². The van der Waals surface area contributed by atoms with Crippen molar-refractivity contribution in [2.75, 3.05) is 26.3 Å². The molecule has 0 spiro atoms. The first-order chi connectivity index (χ1) is 9.49. The van der Waals surface area contributed by atoms with Crippen LogP contribution in [0.4, 0.5) is 0 Å². The van der Waals surface area contributed by atoms with Gasteiger partial charge in [0, 0.05) is 18.6 Å². The van der Waals surface area contributed by atoms with E-state index in [-0.39, 0.29) is 5.41 Å². The molecule has 0 heterocycles. The topological polar surface area (TPSA) is 21.3 Å². The Hall–Kier alpha value is -0.860. The molecule has 1 aromatic rings. The normalized spacial score (nSPS) is 12.1. The quantitative estimate of drug-likeness (QED) is 0.655. The Balaban J connectivity index is 2.07. The zero-order valence-electron chi connectivity index (χ0n) is 13.6. The van der Waals surface area contributed by atoms with Gasteiger partial charge in [-0.2, -0.15) is 0 Å². The molecule has 20 heavy (non-hydrogen) atoms. The molecule has 0 fully saturated rings. The van der Waals surface area contributed by atoms with E-state index in [1.54, 1.807) is 0 Å². The van der Waals surface area contributed by atoms with Crippen molar-refractivity contribution in [3.8, 4) is 0 Å². The van der Waals surface area contributed by atoms with Gasteiger partial charge in [-0.05, 0) is 30.9 Å². The number of aryl methyl sites for hydroxylation is 1. The molecule has 0 aromatic heterocycles. The van der Waals surface area contributed by atoms with E-state index in [9.17, 15) is 0 Å². The highest BCUT2D eigenvalue weighted by Crippen LogP contribution is 2.14. The highest BCUT2D eigenvalue weighted by Gasteiger charge is 2.17. The van der Waals surface area contributed by atoms with E-state index in [1.165, 1.54) is 5.56 Å². The molecule has 0 saturated carbocycles. The number of hydrogen-bond acceptors (Lipinski definition) is 2. The minimum absolute atomic E-state index is 0.210. The third kappa shape index (κ3) is 8.34. The van der Waals surface area contributed by atoms with E-state index >= 15 is 0 Å². The summed E-state index contributed by atoms with van der Waals surface area (Å²) in [5, 5.41) is 3.51. The molecule has 0 saturated heterocycles. The van der Waals surface area contributed by atoms with Crippen LogP contribution in [0.15, 0.2) is 30.3 Å². The molecular weight excluding hydrogens is 246 g/mol. The van der Waals surface area contributed by atoms with Crippen molar-refractivity contribution in [2.24, 2.45) is 11.3 Å². The van der Waals surface area contributed by atoms with Crippen LogP contribution in [-0.2, 0) is 11.2 Å². The maximum atomic E-state index is 5.84. The van der Waals surface area contributed by atoms with Gasteiger partial charge in [-0.15, -0.1) is 0 Å². The zero-order valence-corrected chi connectivity index (χ0v) is 13.6. The van der Waals surface area contributed by atoms with Crippen LogP contribution in [0.2, 0.25) is 0 Å². The Bertz CT molecular complexity index is 346. The van der Waals surface area contributed by atoms with Gasteiger partial charge in [-0.25, -0.2) is 0 Å². The molecule has 0 atom stereocenters. The maximum absolute atomic E-state index is 5.84. The Morgan fingerprint density at radius 1 is 1.15 bits per heavy atom. The van der Waals surface area contributed by atoms with Crippen LogP contribution >= 0.6 is 0 Å². The lowest BCUT2D eigenvalue weighted by molar-refractivity contribution is 0.0605. The number of rotatable bonds is 10. The summed E-state index contributed by atoms with van der Waals surface area (Å²) in [6.45, 7) is 12.8. The average Bonchev–Trinajstić information content (AvgIpc) is 2.38. The van der Waals surface area contributed by atoms with E-state index in [4.69, 9.17) is 4.74 Å². The fourth-order valence-electron chi connectivity index (χ4n) is 2.12. The van der Waals surface area contributed by atoms with Crippen molar-refractivity contribution in [1.82, 2.24) is 5.32 Å². The van der Waals surface area contributed by atoms with Gasteiger partial charge >= 0.3 is 0 Å². The zero-order chi connectivity index (χ0) is 14.8. The first kappa shape index (κ1) is 17.2. The second-order valence-corrected chi connectivity index (χ2v) is 6.83. The molecule has 0 radical (unpaired) electrons. The molecule has 0 bridgehead atoms.